The molecule has 1 fully saturated rings. The smallest absolute Gasteiger partial charge is 0.275 e. The summed E-state index contributed by atoms with van der Waals surface area (Å²) in [5.41, 5.74) is 3.46. The number of hydrogen-bond acceptors (Lipinski definition) is 7. The molecule has 2 N–H and O–H groups in total. The minimum Gasteiger partial charge on any atom is -0.391 e. The molecule has 0 radical (unpaired) electrons. The number of hydroxylamine groups is 1. The number of aryl methyl sites for hydroxylation is 1. The van der Waals surface area contributed by atoms with Crippen LogP contribution in [0.1, 0.15) is 43.2 Å². The van der Waals surface area contributed by atoms with Crippen molar-refractivity contribution in [3.05, 3.63) is 47.3 Å². The van der Waals surface area contributed by atoms with E-state index in [1.165, 1.54) is 4.90 Å². The molecule has 30 heavy (non-hydrogen) atoms. The van der Waals surface area contributed by atoms with Crippen molar-refractivity contribution >= 4 is 11.8 Å². The summed E-state index contributed by atoms with van der Waals surface area (Å²) in [6.45, 7) is 5.58. The van der Waals surface area contributed by atoms with Crippen LogP contribution in [0.4, 0.5) is 0 Å². The number of aliphatic hydroxyl groups is 1. The van der Waals surface area contributed by atoms with Gasteiger partial charge in [0.15, 0.2) is 5.75 Å². The Hall–Kier alpha value is -3.38. The lowest BCUT2D eigenvalue weighted by molar-refractivity contribution is -0.143. The standard InChI is InChI=1S/C21H24N4O5/c1-12(2)19(18-8-13(3)23-30-18)21(28)25-11-15(26)9-17(25)20(27)24-29-16-6-4-14(10-22)5-7-16/h4-8,12,15,17,19,26H,9,11H2,1-3H3,(H,24,27)/t15-,17+,19?/m1/s1. The van der Waals surface area contributed by atoms with Crippen LogP contribution in [0.2, 0.25) is 0 Å². The second kappa shape index (κ2) is 8.97. The first-order valence-electron chi connectivity index (χ1n) is 9.68. The van der Waals surface area contributed by atoms with Gasteiger partial charge in [-0.1, -0.05) is 19.0 Å². The van der Waals surface area contributed by atoms with Crippen LogP contribution in [0, 0.1) is 24.2 Å². The molecule has 0 aliphatic carbocycles. The Morgan fingerprint density at radius 3 is 2.63 bits per heavy atom. The number of aromatic nitrogens is 1. The topological polar surface area (TPSA) is 129 Å². The third kappa shape index (κ3) is 4.60. The van der Waals surface area contributed by atoms with Gasteiger partial charge in [0.05, 0.1) is 23.4 Å². The first-order valence-corrected chi connectivity index (χ1v) is 9.68. The molecule has 1 aromatic heterocycles. The van der Waals surface area contributed by atoms with Crippen LogP contribution >= 0.6 is 0 Å². The summed E-state index contributed by atoms with van der Waals surface area (Å²) >= 11 is 0. The van der Waals surface area contributed by atoms with Crippen LogP contribution in [0.3, 0.4) is 0 Å². The Balaban J connectivity index is 1.72. The Morgan fingerprint density at radius 2 is 2.07 bits per heavy atom. The van der Waals surface area contributed by atoms with Crippen LogP contribution in [0.15, 0.2) is 34.9 Å². The van der Waals surface area contributed by atoms with Gasteiger partial charge in [-0.2, -0.15) is 10.7 Å². The lowest BCUT2D eigenvalue weighted by atomic mass is 9.91. The number of carbonyl (C=O) groups excluding carboxylic acids is 2. The molecule has 2 heterocycles. The maximum atomic E-state index is 13.3. The number of hydrogen-bond donors (Lipinski definition) is 2. The van der Waals surface area contributed by atoms with E-state index in [9.17, 15) is 14.7 Å². The molecule has 1 aliphatic rings. The average Bonchev–Trinajstić information content (AvgIpc) is 3.32. The van der Waals surface area contributed by atoms with Crippen molar-refractivity contribution in [2.45, 2.75) is 45.3 Å². The van der Waals surface area contributed by atoms with Gasteiger partial charge in [0, 0.05) is 19.0 Å². The highest BCUT2D eigenvalue weighted by Crippen LogP contribution is 2.31. The highest BCUT2D eigenvalue weighted by Gasteiger charge is 2.43. The zero-order valence-electron chi connectivity index (χ0n) is 17.0. The second-order valence-corrected chi connectivity index (χ2v) is 7.69. The molecule has 9 nitrogen and oxygen atoms in total. The predicted octanol–water partition coefficient (Wildman–Crippen LogP) is 1.67. The molecule has 2 aromatic rings. The maximum absolute atomic E-state index is 13.3. The zero-order chi connectivity index (χ0) is 21.8. The summed E-state index contributed by atoms with van der Waals surface area (Å²) in [6.07, 6.45) is -0.710. The number of aliphatic hydroxyl groups excluding tert-OH is 1. The fourth-order valence-electron chi connectivity index (χ4n) is 3.52. The monoisotopic (exact) mass is 412 g/mol. The van der Waals surface area contributed by atoms with Crippen molar-refractivity contribution < 1.29 is 24.1 Å². The minimum absolute atomic E-state index is 0.0458. The van der Waals surface area contributed by atoms with Gasteiger partial charge in [0.1, 0.15) is 17.7 Å². The molecule has 1 unspecified atom stereocenters. The van der Waals surface area contributed by atoms with Gasteiger partial charge in [0.2, 0.25) is 5.91 Å². The lowest BCUT2D eigenvalue weighted by Gasteiger charge is -2.28. The van der Waals surface area contributed by atoms with Gasteiger partial charge in [-0.3, -0.25) is 9.59 Å². The van der Waals surface area contributed by atoms with E-state index in [-0.39, 0.29) is 24.8 Å². The van der Waals surface area contributed by atoms with E-state index in [1.807, 2.05) is 19.9 Å². The summed E-state index contributed by atoms with van der Waals surface area (Å²) in [7, 11) is 0. The largest absolute Gasteiger partial charge is 0.391 e. The van der Waals surface area contributed by atoms with E-state index in [0.29, 0.717) is 22.8 Å². The van der Waals surface area contributed by atoms with E-state index >= 15 is 0 Å². The molecule has 158 valence electrons. The summed E-state index contributed by atoms with van der Waals surface area (Å²) in [4.78, 5) is 32.6. The van der Waals surface area contributed by atoms with Crippen LogP contribution in [0.5, 0.6) is 5.75 Å². The fourth-order valence-corrected chi connectivity index (χ4v) is 3.52. The number of nitrogens with one attached hydrogen (secondary N) is 1. The zero-order valence-corrected chi connectivity index (χ0v) is 17.0. The van der Waals surface area contributed by atoms with E-state index in [2.05, 4.69) is 10.6 Å². The Kier molecular flexibility index (Phi) is 6.37. The summed E-state index contributed by atoms with van der Waals surface area (Å²) < 4.78 is 5.31. The van der Waals surface area contributed by atoms with E-state index < -0.39 is 24.0 Å². The quantitative estimate of drug-likeness (QED) is 0.691. The first kappa shape index (κ1) is 21.3. The number of benzene rings is 1. The maximum Gasteiger partial charge on any atom is 0.275 e. The number of carbonyl (C=O) groups is 2. The van der Waals surface area contributed by atoms with Gasteiger partial charge in [-0.05, 0) is 37.1 Å². The van der Waals surface area contributed by atoms with Crippen molar-refractivity contribution in [2.75, 3.05) is 6.54 Å². The molecule has 1 saturated heterocycles. The molecule has 3 atom stereocenters. The van der Waals surface area contributed by atoms with Crippen molar-refractivity contribution in [1.82, 2.24) is 15.5 Å². The van der Waals surface area contributed by atoms with Crippen molar-refractivity contribution in [1.29, 1.82) is 5.26 Å². The molecule has 0 spiro atoms. The van der Waals surface area contributed by atoms with Crippen molar-refractivity contribution in [2.24, 2.45) is 5.92 Å². The Bertz CT molecular complexity index is 947. The lowest BCUT2D eigenvalue weighted by Crippen LogP contribution is -2.48. The summed E-state index contributed by atoms with van der Waals surface area (Å²) in [5.74, 6) is -0.790. The molecule has 0 saturated carbocycles. The Morgan fingerprint density at radius 1 is 1.37 bits per heavy atom. The SMILES string of the molecule is Cc1cc(C(C(=O)N2C[C@H](O)C[C@H]2C(=O)NOc2ccc(C#N)cc2)C(C)C)on1. The number of likely N-dealkylation sites (tertiary alicyclic amines) is 1. The molecule has 1 aliphatic heterocycles. The highest BCUT2D eigenvalue weighted by molar-refractivity contribution is 5.91. The van der Waals surface area contributed by atoms with Gasteiger partial charge in [-0.15, -0.1) is 0 Å². The fraction of sp³-hybridized carbons (Fsp3) is 0.429. The normalized spacial score (nSPS) is 19.4. The van der Waals surface area contributed by atoms with E-state index in [1.54, 1.807) is 37.3 Å². The van der Waals surface area contributed by atoms with Crippen LogP contribution < -0.4 is 10.3 Å². The average molecular weight is 412 g/mol. The van der Waals surface area contributed by atoms with E-state index in [4.69, 9.17) is 14.6 Å². The van der Waals surface area contributed by atoms with Gasteiger partial charge in [0.25, 0.3) is 5.91 Å². The number of nitrogens with zero attached hydrogens (tertiary/aromatic N) is 3. The third-order valence-corrected chi connectivity index (χ3v) is 5.00. The van der Waals surface area contributed by atoms with Crippen LogP contribution in [-0.2, 0) is 9.59 Å². The third-order valence-electron chi connectivity index (χ3n) is 5.00. The van der Waals surface area contributed by atoms with E-state index in [0.717, 1.165) is 0 Å². The number of β-amino-alcohol motifs (C(OH)–C–C–N with tert-alkyl or cyclic N) is 1. The second-order valence-electron chi connectivity index (χ2n) is 7.69. The van der Waals surface area contributed by atoms with Gasteiger partial charge < -0.3 is 19.4 Å². The van der Waals surface area contributed by atoms with Gasteiger partial charge >= 0.3 is 0 Å². The number of nitriles is 1. The molecular formula is C21H24N4O5. The number of rotatable bonds is 6. The van der Waals surface area contributed by atoms with Gasteiger partial charge in [-0.25, -0.2) is 0 Å². The van der Waals surface area contributed by atoms with Crippen molar-refractivity contribution in [3.8, 4) is 11.8 Å². The minimum atomic E-state index is -0.879. The molecule has 3 rings (SSSR count). The molecule has 1 aromatic carbocycles. The Labute approximate surface area is 174 Å². The predicted molar refractivity (Wildman–Crippen MR) is 105 cm³/mol. The molecule has 0 bridgehead atoms. The first-order chi connectivity index (χ1) is 14.3. The molecule has 9 heteroatoms. The number of amides is 2. The molecular weight excluding hydrogens is 388 g/mol. The molecule has 2 amide bonds. The van der Waals surface area contributed by atoms with Crippen LogP contribution in [0.25, 0.3) is 0 Å². The van der Waals surface area contributed by atoms with Crippen molar-refractivity contribution in [3.63, 3.8) is 0 Å². The highest BCUT2D eigenvalue weighted by atomic mass is 16.7. The summed E-state index contributed by atoms with van der Waals surface area (Å²) in [6, 6.07) is 9.04. The van der Waals surface area contributed by atoms with Crippen LogP contribution in [-0.4, -0.2) is 45.7 Å². The summed E-state index contributed by atoms with van der Waals surface area (Å²) in [5, 5.41) is 22.8.